The van der Waals surface area contributed by atoms with Crippen LogP contribution in [0.25, 0.3) is 0 Å². The zero-order valence-corrected chi connectivity index (χ0v) is 17.5. The van der Waals surface area contributed by atoms with E-state index in [2.05, 4.69) is 4.90 Å². The molecule has 2 fully saturated rings. The summed E-state index contributed by atoms with van der Waals surface area (Å²) in [5, 5.41) is 0. The van der Waals surface area contributed by atoms with Crippen LogP contribution >= 0.6 is 0 Å². The average molecular weight is 413 g/mol. The van der Waals surface area contributed by atoms with Crippen LogP contribution in [0.1, 0.15) is 26.2 Å². The molecule has 7 nitrogen and oxygen atoms in total. The van der Waals surface area contributed by atoms with Gasteiger partial charge < -0.3 is 14.2 Å². The van der Waals surface area contributed by atoms with Crippen molar-refractivity contribution in [3.63, 3.8) is 0 Å². The molecule has 0 N–H and O–H groups in total. The number of benzene rings is 1. The molecule has 0 amide bonds. The van der Waals surface area contributed by atoms with E-state index in [9.17, 15) is 8.42 Å². The van der Waals surface area contributed by atoms with Gasteiger partial charge in [0.1, 0.15) is 5.75 Å². The van der Waals surface area contributed by atoms with Crippen LogP contribution in [-0.4, -0.2) is 82.9 Å². The number of rotatable bonds is 9. The molecule has 3 rings (SSSR count). The molecule has 0 spiro atoms. The van der Waals surface area contributed by atoms with Crippen LogP contribution in [0.15, 0.2) is 29.2 Å². The van der Waals surface area contributed by atoms with Crippen molar-refractivity contribution in [2.75, 3.05) is 59.2 Å². The maximum absolute atomic E-state index is 13.4. The van der Waals surface area contributed by atoms with Crippen molar-refractivity contribution in [1.29, 1.82) is 0 Å². The number of sulfonamides is 1. The van der Waals surface area contributed by atoms with E-state index in [0.29, 0.717) is 37.0 Å². The number of ether oxygens (including phenoxy) is 3. The van der Waals surface area contributed by atoms with Gasteiger partial charge in [0.15, 0.2) is 0 Å². The fourth-order valence-corrected chi connectivity index (χ4v) is 5.48. The van der Waals surface area contributed by atoms with Crippen molar-refractivity contribution in [2.24, 2.45) is 0 Å². The minimum atomic E-state index is -3.56. The molecule has 28 heavy (non-hydrogen) atoms. The molecule has 0 aromatic heterocycles. The van der Waals surface area contributed by atoms with Gasteiger partial charge in [-0.25, -0.2) is 8.42 Å². The Balaban J connectivity index is 1.70. The molecule has 0 radical (unpaired) electrons. The second kappa shape index (κ2) is 10.5. The Morgan fingerprint density at radius 1 is 1.07 bits per heavy atom. The summed E-state index contributed by atoms with van der Waals surface area (Å²) >= 11 is 0. The Labute approximate surface area is 168 Å². The largest absolute Gasteiger partial charge is 0.494 e. The second-order valence-corrected chi connectivity index (χ2v) is 9.06. The summed E-state index contributed by atoms with van der Waals surface area (Å²) in [5.41, 5.74) is 0. The number of morpholine rings is 1. The number of hydrogen-bond acceptors (Lipinski definition) is 6. The van der Waals surface area contributed by atoms with E-state index >= 15 is 0 Å². The lowest BCUT2D eigenvalue weighted by molar-refractivity contribution is 0.0344. The summed E-state index contributed by atoms with van der Waals surface area (Å²) in [6.07, 6.45) is 2.30. The van der Waals surface area contributed by atoms with Crippen LogP contribution < -0.4 is 4.74 Å². The Hall–Kier alpha value is -1.19. The summed E-state index contributed by atoms with van der Waals surface area (Å²) in [5.74, 6) is 0.686. The van der Waals surface area contributed by atoms with E-state index in [1.54, 1.807) is 28.6 Å². The molecule has 0 aliphatic carbocycles. The van der Waals surface area contributed by atoms with Crippen molar-refractivity contribution in [3.8, 4) is 5.75 Å². The third-order valence-corrected chi connectivity index (χ3v) is 7.26. The minimum absolute atomic E-state index is 0.00462. The first kappa shape index (κ1) is 21.5. The molecular formula is C20H32N2O5S. The fraction of sp³-hybridized carbons (Fsp3) is 0.700. The zero-order chi connectivity index (χ0) is 19.8. The average Bonchev–Trinajstić information content (AvgIpc) is 2.73. The first-order valence-electron chi connectivity index (χ1n) is 10.2. The minimum Gasteiger partial charge on any atom is -0.494 e. The zero-order valence-electron chi connectivity index (χ0n) is 16.7. The van der Waals surface area contributed by atoms with Crippen molar-refractivity contribution < 1.29 is 22.6 Å². The first-order chi connectivity index (χ1) is 13.6. The smallest absolute Gasteiger partial charge is 0.243 e. The molecule has 0 bridgehead atoms. The predicted molar refractivity (Wildman–Crippen MR) is 107 cm³/mol. The molecular weight excluding hydrogens is 380 g/mol. The summed E-state index contributed by atoms with van der Waals surface area (Å²) in [7, 11) is -3.56. The highest BCUT2D eigenvalue weighted by atomic mass is 32.2. The van der Waals surface area contributed by atoms with Crippen LogP contribution in [0, 0.1) is 0 Å². The topological polar surface area (TPSA) is 68.3 Å². The van der Waals surface area contributed by atoms with Gasteiger partial charge in [-0.15, -0.1) is 0 Å². The summed E-state index contributed by atoms with van der Waals surface area (Å²) in [4.78, 5) is 2.67. The Bertz CT molecular complexity index is 683. The molecule has 0 saturated carbocycles. The third-order valence-electron chi connectivity index (χ3n) is 5.30. The molecule has 0 unspecified atom stereocenters. The summed E-state index contributed by atoms with van der Waals surface area (Å²) < 4.78 is 44.8. The van der Waals surface area contributed by atoms with E-state index in [-0.39, 0.29) is 6.04 Å². The van der Waals surface area contributed by atoms with Gasteiger partial charge >= 0.3 is 0 Å². The molecule has 1 aromatic carbocycles. The maximum atomic E-state index is 13.4. The lowest BCUT2D eigenvalue weighted by atomic mass is 10.1. The van der Waals surface area contributed by atoms with Crippen LogP contribution in [0.3, 0.4) is 0 Å². The fourth-order valence-electron chi connectivity index (χ4n) is 3.76. The van der Waals surface area contributed by atoms with Gasteiger partial charge in [-0.3, -0.25) is 4.90 Å². The quantitative estimate of drug-likeness (QED) is 0.618. The highest BCUT2D eigenvalue weighted by Crippen LogP contribution is 2.25. The van der Waals surface area contributed by atoms with Crippen molar-refractivity contribution in [1.82, 2.24) is 9.21 Å². The van der Waals surface area contributed by atoms with E-state index in [4.69, 9.17) is 14.2 Å². The van der Waals surface area contributed by atoms with Crippen LogP contribution in [-0.2, 0) is 19.5 Å². The molecule has 158 valence electrons. The first-order valence-corrected chi connectivity index (χ1v) is 11.7. The highest BCUT2D eigenvalue weighted by Gasteiger charge is 2.32. The number of hydrogen-bond donors (Lipinski definition) is 0. The van der Waals surface area contributed by atoms with Crippen LogP contribution in [0.4, 0.5) is 0 Å². The van der Waals surface area contributed by atoms with Gasteiger partial charge in [-0.2, -0.15) is 4.31 Å². The van der Waals surface area contributed by atoms with E-state index in [1.165, 1.54) is 0 Å². The standard InChI is InChI=1S/C20H32N2O5S/c1-2-27-19-4-6-20(7-5-19)28(23,24)22(18-8-14-25-15-9-18)11-3-10-21-12-16-26-17-13-21/h4-7,18H,2-3,8-17H2,1H3. The van der Waals surface area contributed by atoms with Gasteiger partial charge in [-0.05, 0) is 57.0 Å². The third kappa shape index (κ3) is 5.67. The SMILES string of the molecule is CCOc1ccc(S(=O)(=O)N(CCCN2CCOCC2)C2CCOCC2)cc1. The predicted octanol–water partition coefficient (Wildman–Crippen LogP) is 1.98. The lowest BCUT2D eigenvalue weighted by Gasteiger charge is -2.34. The van der Waals surface area contributed by atoms with E-state index in [0.717, 1.165) is 52.1 Å². The van der Waals surface area contributed by atoms with Crippen LogP contribution in [0.5, 0.6) is 5.75 Å². The molecule has 2 saturated heterocycles. The van der Waals surface area contributed by atoms with Crippen molar-refractivity contribution in [2.45, 2.75) is 37.1 Å². The molecule has 1 aromatic rings. The molecule has 0 atom stereocenters. The number of nitrogens with zero attached hydrogens (tertiary/aromatic N) is 2. The van der Waals surface area contributed by atoms with Gasteiger partial charge in [0, 0.05) is 38.9 Å². The van der Waals surface area contributed by atoms with Gasteiger partial charge in [0.25, 0.3) is 0 Å². The molecule has 2 aliphatic heterocycles. The van der Waals surface area contributed by atoms with Gasteiger partial charge in [-0.1, -0.05) is 0 Å². The molecule has 2 heterocycles. The van der Waals surface area contributed by atoms with Crippen molar-refractivity contribution >= 4 is 10.0 Å². The Kier molecular flexibility index (Phi) is 8.11. The van der Waals surface area contributed by atoms with Crippen LogP contribution in [0.2, 0.25) is 0 Å². The van der Waals surface area contributed by atoms with Gasteiger partial charge in [0.2, 0.25) is 10.0 Å². The lowest BCUT2D eigenvalue weighted by Crippen LogP contribution is -2.45. The van der Waals surface area contributed by atoms with Crippen molar-refractivity contribution in [3.05, 3.63) is 24.3 Å². The second-order valence-electron chi connectivity index (χ2n) is 7.17. The highest BCUT2D eigenvalue weighted by molar-refractivity contribution is 7.89. The normalized spacial score (nSPS) is 19.8. The Morgan fingerprint density at radius 2 is 1.71 bits per heavy atom. The molecule has 8 heteroatoms. The van der Waals surface area contributed by atoms with E-state index in [1.807, 2.05) is 6.92 Å². The monoisotopic (exact) mass is 412 g/mol. The summed E-state index contributed by atoms with van der Waals surface area (Å²) in [6.45, 7) is 8.47. The van der Waals surface area contributed by atoms with E-state index < -0.39 is 10.0 Å². The Morgan fingerprint density at radius 3 is 2.36 bits per heavy atom. The molecule has 2 aliphatic rings. The van der Waals surface area contributed by atoms with Gasteiger partial charge in [0.05, 0.1) is 24.7 Å². The summed E-state index contributed by atoms with van der Waals surface area (Å²) in [6, 6.07) is 6.75. The maximum Gasteiger partial charge on any atom is 0.243 e.